The standard InChI is InChI=1S/C10H18N4O3/c1-2-4-7-9(16)14(10(17)12-7)6-3-5-8(15)13-11/h7H,2-6,11H2,1H3,(H,12,17)(H,13,15). The van der Waals surface area contributed by atoms with Crippen LogP contribution in [0.5, 0.6) is 0 Å². The fourth-order valence-corrected chi connectivity index (χ4v) is 1.74. The lowest BCUT2D eigenvalue weighted by atomic mass is 10.1. The molecule has 0 radical (unpaired) electrons. The van der Waals surface area contributed by atoms with Gasteiger partial charge in [0.15, 0.2) is 0 Å². The third-order valence-corrected chi connectivity index (χ3v) is 2.63. The molecular weight excluding hydrogens is 224 g/mol. The smallest absolute Gasteiger partial charge is 0.324 e. The Morgan fingerprint density at radius 3 is 2.82 bits per heavy atom. The van der Waals surface area contributed by atoms with Crippen LogP contribution in [0.4, 0.5) is 4.79 Å². The van der Waals surface area contributed by atoms with Crippen molar-refractivity contribution in [2.75, 3.05) is 6.54 Å². The molecule has 1 heterocycles. The van der Waals surface area contributed by atoms with Gasteiger partial charge in [0.1, 0.15) is 6.04 Å². The molecule has 7 heteroatoms. The Balaban J connectivity index is 2.40. The van der Waals surface area contributed by atoms with Crippen molar-refractivity contribution in [2.45, 2.75) is 38.6 Å². The van der Waals surface area contributed by atoms with Crippen molar-refractivity contribution in [3.63, 3.8) is 0 Å². The predicted molar refractivity (Wildman–Crippen MR) is 60.5 cm³/mol. The topological polar surface area (TPSA) is 105 Å². The average molecular weight is 242 g/mol. The first-order valence-electron chi connectivity index (χ1n) is 5.71. The molecule has 4 N–H and O–H groups in total. The summed E-state index contributed by atoms with van der Waals surface area (Å²) in [4.78, 5) is 35.3. The van der Waals surface area contributed by atoms with E-state index in [-0.39, 0.29) is 30.8 Å². The highest BCUT2D eigenvalue weighted by Gasteiger charge is 2.36. The number of nitrogens with zero attached hydrogens (tertiary/aromatic N) is 1. The van der Waals surface area contributed by atoms with E-state index < -0.39 is 6.04 Å². The SMILES string of the molecule is CCCC1NC(=O)N(CCCC(=O)NN)C1=O. The lowest BCUT2D eigenvalue weighted by Crippen LogP contribution is -2.34. The molecule has 4 amide bonds. The van der Waals surface area contributed by atoms with Gasteiger partial charge in [-0.3, -0.25) is 19.9 Å². The number of hydrazine groups is 1. The molecule has 1 saturated heterocycles. The van der Waals surface area contributed by atoms with E-state index in [1.165, 1.54) is 0 Å². The van der Waals surface area contributed by atoms with Gasteiger partial charge in [0.2, 0.25) is 5.91 Å². The minimum Gasteiger partial charge on any atom is -0.326 e. The van der Waals surface area contributed by atoms with Gasteiger partial charge in [0.25, 0.3) is 5.91 Å². The lowest BCUT2D eigenvalue weighted by molar-refractivity contribution is -0.128. The maximum Gasteiger partial charge on any atom is 0.324 e. The van der Waals surface area contributed by atoms with Crippen LogP contribution in [0.3, 0.4) is 0 Å². The maximum atomic E-state index is 11.8. The summed E-state index contributed by atoms with van der Waals surface area (Å²) in [6.45, 7) is 2.20. The van der Waals surface area contributed by atoms with Gasteiger partial charge >= 0.3 is 6.03 Å². The van der Waals surface area contributed by atoms with Crippen molar-refractivity contribution >= 4 is 17.8 Å². The van der Waals surface area contributed by atoms with Crippen LogP contribution in [0, 0.1) is 0 Å². The second kappa shape index (κ2) is 6.19. The zero-order chi connectivity index (χ0) is 12.8. The molecule has 1 aliphatic heterocycles. The fourth-order valence-electron chi connectivity index (χ4n) is 1.74. The molecule has 0 aromatic carbocycles. The summed E-state index contributed by atoms with van der Waals surface area (Å²) in [5.74, 6) is 4.42. The first kappa shape index (κ1) is 13.4. The third kappa shape index (κ3) is 3.42. The number of hydrogen-bond acceptors (Lipinski definition) is 4. The van der Waals surface area contributed by atoms with Gasteiger partial charge in [-0.15, -0.1) is 0 Å². The number of urea groups is 1. The Kier molecular flexibility index (Phi) is 4.89. The number of nitrogens with one attached hydrogen (secondary N) is 2. The molecule has 0 aromatic heterocycles. The molecule has 0 aromatic rings. The van der Waals surface area contributed by atoms with Crippen LogP contribution in [0.1, 0.15) is 32.6 Å². The molecule has 0 aliphatic carbocycles. The summed E-state index contributed by atoms with van der Waals surface area (Å²) in [5.41, 5.74) is 2.00. The monoisotopic (exact) mass is 242 g/mol. The molecule has 1 atom stereocenters. The van der Waals surface area contributed by atoms with Gasteiger partial charge < -0.3 is 5.32 Å². The second-order valence-electron chi connectivity index (χ2n) is 3.95. The van der Waals surface area contributed by atoms with Crippen molar-refractivity contribution in [3.05, 3.63) is 0 Å². The van der Waals surface area contributed by atoms with Crippen LogP contribution in [0.15, 0.2) is 0 Å². The normalized spacial score (nSPS) is 19.4. The highest BCUT2D eigenvalue weighted by atomic mass is 16.2. The number of carbonyl (C=O) groups is 3. The van der Waals surface area contributed by atoms with Crippen molar-refractivity contribution < 1.29 is 14.4 Å². The van der Waals surface area contributed by atoms with E-state index in [0.29, 0.717) is 12.8 Å². The zero-order valence-electron chi connectivity index (χ0n) is 9.86. The van der Waals surface area contributed by atoms with Gasteiger partial charge in [0, 0.05) is 13.0 Å². The van der Waals surface area contributed by atoms with E-state index >= 15 is 0 Å². The number of nitrogens with two attached hydrogens (primary N) is 1. The fraction of sp³-hybridized carbons (Fsp3) is 0.700. The average Bonchev–Trinajstić information content (AvgIpc) is 2.57. The number of imide groups is 1. The maximum absolute atomic E-state index is 11.8. The van der Waals surface area contributed by atoms with E-state index in [0.717, 1.165) is 11.3 Å². The van der Waals surface area contributed by atoms with E-state index in [1.807, 2.05) is 12.3 Å². The predicted octanol–water partition coefficient (Wildman–Crippen LogP) is -0.523. The van der Waals surface area contributed by atoms with Gasteiger partial charge in [-0.2, -0.15) is 0 Å². The molecule has 7 nitrogen and oxygen atoms in total. The van der Waals surface area contributed by atoms with Gasteiger partial charge in [-0.25, -0.2) is 10.6 Å². The number of hydrogen-bond donors (Lipinski definition) is 3. The molecule has 1 unspecified atom stereocenters. The van der Waals surface area contributed by atoms with Gasteiger partial charge in [-0.05, 0) is 12.8 Å². The summed E-state index contributed by atoms with van der Waals surface area (Å²) < 4.78 is 0. The minimum atomic E-state index is -0.407. The molecule has 1 fully saturated rings. The number of rotatable bonds is 6. The molecule has 1 aliphatic rings. The molecule has 1 rings (SSSR count). The third-order valence-electron chi connectivity index (χ3n) is 2.63. The van der Waals surface area contributed by atoms with E-state index in [1.54, 1.807) is 0 Å². The van der Waals surface area contributed by atoms with Crippen LogP contribution >= 0.6 is 0 Å². The molecular formula is C10H18N4O3. The van der Waals surface area contributed by atoms with Gasteiger partial charge in [-0.1, -0.05) is 13.3 Å². The van der Waals surface area contributed by atoms with Crippen LogP contribution in [-0.4, -0.2) is 35.3 Å². The number of amides is 4. The number of carbonyl (C=O) groups excluding carboxylic acids is 3. The summed E-state index contributed by atoms with van der Waals surface area (Å²) in [7, 11) is 0. The van der Waals surface area contributed by atoms with Crippen LogP contribution in [-0.2, 0) is 9.59 Å². The van der Waals surface area contributed by atoms with Crippen molar-refractivity contribution in [3.8, 4) is 0 Å². The molecule has 96 valence electrons. The van der Waals surface area contributed by atoms with E-state index in [9.17, 15) is 14.4 Å². The first-order valence-corrected chi connectivity index (χ1v) is 5.71. The second-order valence-corrected chi connectivity index (χ2v) is 3.95. The first-order chi connectivity index (χ1) is 8.10. The summed E-state index contributed by atoms with van der Waals surface area (Å²) in [6.07, 6.45) is 2.09. The largest absolute Gasteiger partial charge is 0.326 e. The van der Waals surface area contributed by atoms with Crippen molar-refractivity contribution in [1.82, 2.24) is 15.6 Å². The molecule has 0 saturated carbocycles. The van der Waals surface area contributed by atoms with E-state index in [4.69, 9.17) is 5.84 Å². The Morgan fingerprint density at radius 1 is 1.53 bits per heavy atom. The van der Waals surface area contributed by atoms with Gasteiger partial charge in [0.05, 0.1) is 0 Å². The molecule has 0 bridgehead atoms. The highest BCUT2D eigenvalue weighted by Crippen LogP contribution is 2.11. The zero-order valence-corrected chi connectivity index (χ0v) is 9.86. The molecule has 17 heavy (non-hydrogen) atoms. The van der Waals surface area contributed by atoms with E-state index in [2.05, 4.69) is 5.32 Å². The molecule has 0 spiro atoms. The van der Waals surface area contributed by atoms with Crippen molar-refractivity contribution in [1.29, 1.82) is 0 Å². The lowest BCUT2D eigenvalue weighted by Gasteiger charge is -2.12. The van der Waals surface area contributed by atoms with Crippen molar-refractivity contribution in [2.24, 2.45) is 5.84 Å². The Morgan fingerprint density at radius 2 is 2.24 bits per heavy atom. The van der Waals surface area contributed by atoms with Crippen LogP contribution < -0.4 is 16.6 Å². The summed E-state index contributed by atoms with van der Waals surface area (Å²) in [6, 6.07) is -0.780. The Labute approximate surface area is 99.7 Å². The highest BCUT2D eigenvalue weighted by molar-refractivity contribution is 6.04. The van der Waals surface area contributed by atoms with Crippen LogP contribution in [0.2, 0.25) is 0 Å². The Hall–Kier alpha value is -1.63. The summed E-state index contributed by atoms with van der Waals surface area (Å²) >= 11 is 0. The Bertz CT molecular complexity index is 319. The summed E-state index contributed by atoms with van der Waals surface area (Å²) in [5, 5.41) is 2.62. The van der Waals surface area contributed by atoms with Crippen LogP contribution in [0.25, 0.3) is 0 Å². The minimum absolute atomic E-state index is 0.200. The quantitative estimate of drug-likeness (QED) is 0.252.